The first kappa shape index (κ1) is 45.3. The molecule has 0 aliphatic rings. The lowest BCUT2D eigenvalue weighted by Gasteiger charge is -2.08. The van der Waals surface area contributed by atoms with Crippen molar-refractivity contribution in [3.63, 3.8) is 0 Å². The monoisotopic (exact) mass is 657 g/mol. The van der Waals surface area contributed by atoms with Gasteiger partial charge in [-0.15, -0.1) is 0 Å². The third-order valence-corrected chi connectivity index (χ3v) is 8.69. The van der Waals surface area contributed by atoms with E-state index in [0.29, 0.717) is 65.7 Å². The van der Waals surface area contributed by atoms with Crippen LogP contribution in [0.25, 0.3) is 0 Å². The second-order valence-corrected chi connectivity index (χ2v) is 13.3. The van der Waals surface area contributed by atoms with Gasteiger partial charge in [-0.25, -0.2) is 0 Å². The average molecular weight is 657 g/mol. The molecule has 0 fully saturated rings. The lowest BCUT2D eigenvalue weighted by atomic mass is 10.0. The Balaban J connectivity index is 3.14. The lowest BCUT2D eigenvalue weighted by molar-refractivity contribution is -0.144. The van der Waals surface area contributed by atoms with Crippen molar-refractivity contribution in [2.75, 3.05) is 59.5 Å². The van der Waals surface area contributed by atoms with E-state index >= 15 is 0 Å². The maximum Gasteiger partial charge on any atom is 0.305 e. The fraction of sp³-hybridized carbons (Fsp3) is 0.975. The Kier molecular flexibility index (Phi) is 41.7. The summed E-state index contributed by atoms with van der Waals surface area (Å²) in [6, 6.07) is 0. The van der Waals surface area contributed by atoms with E-state index in [1.807, 2.05) is 0 Å². The first-order valence-corrected chi connectivity index (χ1v) is 20.3. The number of esters is 1. The number of ether oxygens (including phenoxy) is 5. The summed E-state index contributed by atoms with van der Waals surface area (Å²) in [7, 11) is 0. The molecule has 0 aliphatic heterocycles. The molecule has 6 heteroatoms. The van der Waals surface area contributed by atoms with Crippen LogP contribution < -0.4 is 0 Å². The maximum absolute atomic E-state index is 11.9. The molecule has 0 radical (unpaired) electrons. The van der Waals surface area contributed by atoms with Crippen LogP contribution in [-0.4, -0.2) is 65.4 Å². The molecule has 0 rings (SSSR count). The van der Waals surface area contributed by atoms with E-state index in [-0.39, 0.29) is 5.97 Å². The number of hydrogen-bond donors (Lipinski definition) is 0. The highest BCUT2D eigenvalue weighted by atomic mass is 16.6. The minimum Gasteiger partial charge on any atom is -0.466 e. The molecular formula is C40H80O6. The molecule has 0 amide bonds. The molecule has 276 valence electrons. The van der Waals surface area contributed by atoms with Crippen LogP contribution >= 0.6 is 0 Å². The molecule has 6 nitrogen and oxygen atoms in total. The van der Waals surface area contributed by atoms with Crippen molar-refractivity contribution in [2.24, 2.45) is 0 Å². The van der Waals surface area contributed by atoms with Crippen molar-refractivity contribution in [3.8, 4) is 0 Å². The fourth-order valence-electron chi connectivity index (χ4n) is 5.68. The Labute approximate surface area is 287 Å². The fourth-order valence-corrected chi connectivity index (χ4v) is 5.68. The molecule has 0 bridgehead atoms. The van der Waals surface area contributed by atoms with E-state index in [4.69, 9.17) is 23.7 Å². The summed E-state index contributed by atoms with van der Waals surface area (Å²) < 4.78 is 27.7. The highest BCUT2D eigenvalue weighted by Crippen LogP contribution is 2.14. The van der Waals surface area contributed by atoms with E-state index in [0.717, 1.165) is 25.9 Å². The van der Waals surface area contributed by atoms with Gasteiger partial charge in [-0.1, -0.05) is 168 Å². The van der Waals surface area contributed by atoms with Crippen LogP contribution in [0.4, 0.5) is 0 Å². The maximum atomic E-state index is 11.9. The van der Waals surface area contributed by atoms with Gasteiger partial charge in [-0.3, -0.25) is 4.79 Å². The molecule has 0 aromatic carbocycles. The SMILES string of the molecule is CCCCCCCCCCCCCCCCCCOC(=O)CCCOCCOCCOCCOCCCCCCCCCCCC. The summed E-state index contributed by atoms with van der Waals surface area (Å²) in [6.45, 7) is 10.0. The topological polar surface area (TPSA) is 63.2 Å². The Bertz CT molecular complexity index is 558. The summed E-state index contributed by atoms with van der Waals surface area (Å²) >= 11 is 0. The van der Waals surface area contributed by atoms with Gasteiger partial charge < -0.3 is 23.7 Å². The smallest absolute Gasteiger partial charge is 0.305 e. The first-order chi connectivity index (χ1) is 22.8. The van der Waals surface area contributed by atoms with Gasteiger partial charge in [0.15, 0.2) is 0 Å². The predicted molar refractivity (Wildman–Crippen MR) is 195 cm³/mol. The van der Waals surface area contributed by atoms with Crippen LogP contribution in [0.3, 0.4) is 0 Å². The normalized spacial score (nSPS) is 11.4. The van der Waals surface area contributed by atoms with E-state index < -0.39 is 0 Å². The number of hydrogen-bond acceptors (Lipinski definition) is 6. The highest BCUT2D eigenvalue weighted by Gasteiger charge is 2.03. The minimum atomic E-state index is -0.106. The zero-order valence-electron chi connectivity index (χ0n) is 31.1. The van der Waals surface area contributed by atoms with E-state index in [9.17, 15) is 4.79 Å². The Morgan fingerprint density at radius 1 is 0.304 bits per heavy atom. The van der Waals surface area contributed by atoms with E-state index in [2.05, 4.69) is 13.8 Å². The van der Waals surface area contributed by atoms with Gasteiger partial charge in [0.25, 0.3) is 0 Å². The molecule has 0 aliphatic carbocycles. The first-order valence-electron chi connectivity index (χ1n) is 20.3. The van der Waals surface area contributed by atoms with Crippen molar-refractivity contribution in [1.29, 1.82) is 0 Å². The van der Waals surface area contributed by atoms with Crippen molar-refractivity contribution in [2.45, 2.75) is 194 Å². The van der Waals surface area contributed by atoms with Gasteiger partial charge in [-0.2, -0.15) is 0 Å². The molecule has 0 unspecified atom stereocenters. The molecule has 46 heavy (non-hydrogen) atoms. The molecule has 0 heterocycles. The Morgan fingerprint density at radius 2 is 0.565 bits per heavy atom. The zero-order chi connectivity index (χ0) is 33.3. The second kappa shape index (κ2) is 42.3. The van der Waals surface area contributed by atoms with Gasteiger partial charge in [0.2, 0.25) is 0 Å². The standard InChI is InChI=1S/C40H80O6/c1-3-5-7-9-11-13-15-16-17-18-19-20-22-24-26-28-33-46-40(41)30-29-32-43-35-37-45-39-38-44-36-34-42-31-27-25-23-21-14-12-10-8-6-4-2/h3-39H2,1-2H3. The molecule has 0 aromatic heterocycles. The largest absolute Gasteiger partial charge is 0.466 e. The van der Waals surface area contributed by atoms with Gasteiger partial charge in [0.05, 0.1) is 46.2 Å². The summed E-state index contributed by atoms with van der Waals surface area (Å²) in [5, 5.41) is 0. The van der Waals surface area contributed by atoms with Crippen LogP contribution in [0.2, 0.25) is 0 Å². The third-order valence-electron chi connectivity index (χ3n) is 8.69. The Hall–Kier alpha value is -0.690. The predicted octanol–water partition coefficient (Wildman–Crippen LogP) is 11.6. The number of rotatable bonds is 41. The summed E-state index contributed by atoms with van der Waals surface area (Å²) in [5.74, 6) is -0.106. The summed E-state index contributed by atoms with van der Waals surface area (Å²) in [4.78, 5) is 11.9. The number of unbranched alkanes of at least 4 members (excludes halogenated alkanes) is 24. The van der Waals surface area contributed by atoms with Crippen molar-refractivity contribution >= 4 is 5.97 Å². The summed E-state index contributed by atoms with van der Waals surface area (Å²) in [6.07, 6.45) is 36.2. The van der Waals surface area contributed by atoms with Gasteiger partial charge >= 0.3 is 5.97 Å². The zero-order valence-corrected chi connectivity index (χ0v) is 31.1. The third kappa shape index (κ3) is 41.3. The molecule has 0 saturated heterocycles. The number of carbonyl (C=O) groups excluding carboxylic acids is 1. The van der Waals surface area contributed by atoms with Crippen LogP contribution in [0.1, 0.15) is 194 Å². The van der Waals surface area contributed by atoms with Crippen molar-refractivity contribution in [3.05, 3.63) is 0 Å². The van der Waals surface area contributed by atoms with Crippen LogP contribution in [0.15, 0.2) is 0 Å². The second-order valence-electron chi connectivity index (χ2n) is 13.3. The average Bonchev–Trinajstić information content (AvgIpc) is 3.06. The van der Waals surface area contributed by atoms with Crippen molar-refractivity contribution in [1.82, 2.24) is 0 Å². The van der Waals surface area contributed by atoms with Gasteiger partial charge in [0, 0.05) is 19.6 Å². The Morgan fingerprint density at radius 3 is 0.913 bits per heavy atom. The van der Waals surface area contributed by atoms with E-state index in [1.165, 1.54) is 148 Å². The highest BCUT2D eigenvalue weighted by molar-refractivity contribution is 5.69. The van der Waals surface area contributed by atoms with Crippen LogP contribution in [0, 0.1) is 0 Å². The molecule has 0 N–H and O–H groups in total. The van der Waals surface area contributed by atoms with Crippen molar-refractivity contribution < 1.29 is 28.5 Å². The molecule has 0 atom stereocenters. The summed E-state index contributed by atoms with van der Waals surface area (Å²) in [5.41, 5.74) is 0. The molecule has 0 aromatic rings. The minimum absolute atomic E-state index is 0.106. The van der Waals surface area contributed by atoms with Crippen LogP contribution in [0.5, 0.6) is 0 Å². The van der Waals surface area contributed by atoms with E-state index in [1.54, 1.807) is 0 Å². The van der Waals surface area contributed by atoms with Gasteiger partial charge in [-0.05, 0) is 19.3 Å². The molecule has 0 saturated carbocycles. The molecule has 0 spiro atoms. The van der Waals surface area contributed by atoms with Crippen LogP contribution in [-0.2, 0) is 28.5 Å². The number of carbonyl (C=O) groups is 1. The lowest BCUT2D eigenvalue weighted by Crippen LogP contribution is -2.12. The molecular weight excluding hydrogens is 576 g/mol. The van der Waals surface area contributed by atoms with Gasteiger partial charge in [0.1, 0.15) is 0 Å². The quantitative estimate of drug-likeness (QED) is 0.0482.